The van der Waals surface area contributed by atoms with Crippen molar-refractivity contribution in [1.29, 1.82) is 0 Å². The van der Waals surface area contributed by atoms with Crippen molar-refractivity contribution in [2.75, 3.05) is 12.1 Å². The second kappa shape index (κ2) is 7.60. The maximum absolute atomic E-state index is 10.8. The Morgan fingerprint density at radius 3 is 2.77 bits per heavy atom. The minimum atomic E-state index is -1.29. The maximum atomic E-state index is 10.8. The molecule has 0 saturated carbocycles. The number of nitrogens with one attached hydrogen (secondary N) is 2. The zero-order valence-electron chi connectivity index (χ0n) is 16.4. The van der Waals surface area contributed by atoms with Crippen molar-refractivity contribution in [1.82, 2.24) is 15.0 Å². The first-order chi connectivity index (χ1) is 14.6. The molecule has 0 unspecified atom stereocenters. The van der Waals surface area contributed by atoms with Gasteiger partial charge in [0, 0.05) is 6.20 Å². The van der Waals surface area contributed by atoms with E-state index in [1.54, 1.807) is 12.3 Å². The highest BCUT2D eigenvalue weighted by molar-refractivity contribution is 5.86. The molecular weight excluding hydrogens is 388 g/mol. The van der Waals surface area contributed by atoms with E-state index in [4.69, 9.17) is 9.57 Å². The van der Waals surface area contributed by atoms with Gasteiger partial charge in [-0.1, -0.05) is 18.2 Å². The van der Waals surface area contributed by atoms with Gasteiger partial charge in [-0.05, 0) is 42.5 Å². The number of rotatable bonds is 6. The molecule has 9 heteroatoms. The number of benzene rings is 1. The predicted molar refractivity (Wildman–Crippen MR) is 108 cm³/mol. The van der Waals surface area contributed by atoms with Crippen LogP contribution < -0.4 is 5.48 Å². The number of hydrogen-bond acceptors (Lipinski definition) is 8. The summed E-state index contributed by atoms with van der Waals surface area (Å²) in [6.45, 7) is 2.27. The first-order valence-electron chi connectivity index (χ1n) is 10.1. The number of aliphatic hydroxyl groups excluding tert-OH is 3. The van der Waals surface area contributed by atoms with E-state index >= 15 is 0 Å². The van der Waals surface area contributed by atoms with Crippen molar-refractivity contribution in [3.05, 3.63) is 53.0 Å². The van der Waals surface area contributed by atoms with Crippen LogP contribution in [0, 0.1) is 0 Å². The summed E-state index contributed by atoms with van der Waals surface area (Å²) in [7, 11) is 0. The molecule has 5 atom stereocenters. The van der Waals surface area contributed by atoms with E-state index in [1.165, 1.54) is 11.1 Å². The number of nitrogens with zero attached hydrogens (tertiary/aromatic N) is 2. The molecule has 3 aromatic rings. The lowest BCUT2D eigenvalue weighted by Crippen LogP contribution is -2.34. The lowest BCUT2D eigenvalue weighted by atomic mass is 9.85. The molecule has 0 radical (unpaired) electrons. The van der Waals surface area contributed by atoms with Crippen molar-refractivity contribution in [3.8, 4) is 0 Å². The number of aliphatic hydroxyl groups is 3. The van der Waals surface area contributed by atoms with Crippen LogP contribution >= 0.6 is 0 Å². The summed E-state index contributed by atoms with van der Waals surface area (Å²) in [5, 5.41) is 32.8. The van der Waals surface area contributed by atoms with Gasteiger partial charge >= 0.3 is 0 Å². The van der Waals surface area contributed by atoms with E-state index in [2.05, 4.69) is 20.4 Å². The summed E-state index contributed by atoms with van der Waals surface area (Å²) in [5.41, 5.74) is 6.44. The van der Waals surface area contributed by atoms with Crippen LogP contribution in [0.15, 0.2) is 30.5 Å². The van der Waals surface area contributed by atoms with Gasteiger partial charge in [-0.15, -0.1) is 0 Å². The Hall–Kier alpha value is -2.56. The number of ether oxygens (including phenoxy) is 1. The molecular formula is C21H24N4O5. The Morgan fingerprint density at radius 1 is 1.20 bits per heavy atom. The predicted octanol–water partition coefficient (Wildman–Crippen LogP) is 1.32. The van der Waals surface area contributed by atoms with Crippen molar-refractivity contribution >= 4 is 16.9 Å². The molecule has 0 spiro atoms. The smallest absolute Gasteiger partial charge is 0.164 e. The van der Waals surface area contributed by atoms with Crippen LogP contribution in [0.1, 0.15) is 41.6 Å². The van der Waals surface area contributed by atoms with Crippen LogP contribution in [-0.4, -0.2) is 55.2 Å². The summed E-state index contributed by atoms with van der Waals surface area (Å²) in [6, 6.07) is 7.56. The van der Waals surface area contributed by atoms with Crippen LogP contribution in [0.5, 0.6) is 0 Å². The Balaban J connectivity index is 1.43. The number of aryl methyl sites for hydroxylation is 2. The average Bonchev–Trinajstić information content (AvgIpc) is 3.32. The normalized spacial score (nSPS) is 26.4. The van der Waals surface area contributed by atoms with Crippen molar-refractivity contribution in [3.63, 3.8) is 0 Å². The van der Waals surface area contributed by atoms with Crippen LogP contribution in [0.25, 0.3) is 11.0 Å². The molecule has 5 N–H and O–H groups in total. The van der Waals surface area contributed by atoms with Gasteiger partial charge in [-0.3, -0.25) is 4.84 Å². The highest BCUT2D eigenvalue weighted by Crippen LogP contribution is 2.39. The second-order valence-corrected chi connectivity index (χ2v) is 7.68. The lowest BCUT2D eigenvalue weighted by molar-refractivity contribution is -0.0691. The van der Waals surface area contributed by atoms with Crippen molar-refractivity contribution in [2.24, 2.45) is 0 Å². The third kappa shape index (κ3) is 3.15. The Bertz CT molecular complexity index is 1070. The first-order valence-corrected chi connectivity index (χ1v) is 10.1. The van der Waals surface area contributed by atoms with E-state index in [-0.39, 0.29) is 5.82 Å². The fraction of sp³-hybridized carbons (Fsp3) is 0.429. The van der Waals surface area contributed by atoms with Crippen LogP contribution in [0.2, 0.25) is 0 Å². The topological polar surface area (TPSA) is 133 Å². The van der Waals surface area contributed by atoms with Gasteiger partial charge in [0.05, 0.1) is 12.0 Å². The minimum absolute atomic E-state index is 0.186. The molecule has 1 saturated heterocycles. The number of aromatic nitrogens is 3. The average molecular weight is 412 g/mol. The molecule has 2 aliphatic rings. The Kier molecular flexibility index (Phi) is 4.92. The van der Waals surface area contributed by atoms with Gasteiger partial charge in [-0.25, -0.2) is 15.4 Å². The van der Waals surface area contributed by atoms with Gasteiger partial charge in [0.1, 0.15) is 36.2 Å². The summed E-state index contributed by atoms with van der Waals surface area (Å²) in [6.07, 6.45) is -1.92. The first kappa shape index (κ1) is 19.4. The third-order valence-corrected chi connectivity index (χ3v) is 5.85. The summed E-state index contributed by atoms with van der Waals surface area (Å²) >= 11 is 0. The monoisotopic (exact) mass is 412 g/mol. The third-order valence-electron chi connectivity index (χ3n) is 5.85. The Morgan fingerprint density at radius 2 is 2.03 bits per heavy atom. The molecule has 2 aromatic heterocycles. The van der Waals surface area contributed by atoms with E-state index < -0.39 is 30.5 Å². The molecule has 3 heterocycles. The van der Waals surface area contributed by atoms with Crippen LogP contribution in [-0.2, 0) is 22.4 Å². The molecule has 0 amide bonds. The quantitative estimate of drug-likeness (QED) is 0.383. The maximum Gasteiger partial charge on any atom is 0.164 e. The standard InChI is InChI=1S/C21H24N4O5/c1-2-29-25-20-13-7-8-22-19(13)23-21(24-20)18-16(28)15(27)17(30-18)14(26)12-6-4-10-3-5-11(10)9-12/h4,6-9,14-18,26-28H,2-3,5H2,1H3,(H2,22,23,24,25)/t14-,15+,16-,17-,18+/m1/s1. The number of H-pyrrole nitrogens is 1. The number of hydrogen-bond donors (Lipinski definition) is 5. The molecule has 1 aliphatic carbocycles. The van der Waals surface area contributed by atoms with E-state index in [0.29, 0.717) is 23.6 Å². The zero-order chi connectivity index (χ0) is 20.8. The van der Waals surface area contributed by atoms with Gasteiger partial charge in [0.25, 0.3) is 0 Å². The molecule has 158 valence electrons. The minimum Gasteiger partial charge on any atom is -0.387 e. The second-order valence-electron chi connectivity index (χ2n) is 7.68. The number of aromatic amines is 1. The highest BCUT2D eigenvalue weighted by atomic mass is 16.6. The highest BCUT2D eigenvalue weighted by Gasteiger charge is 2.48. The van der Waals surface area contributed by atoms with Crippen molar-refractivity contribution < 1.29 is 24.9 Å². The van der Waals surface area contributed by atoms with Gasteiger partial charge in [-0.2, -0.15) is 0 Å². The SMILES string of the molecule is CCONc1nc([C@H]2O[C@H]([C@H](O)c3ccc4c(c3)CC4)[C@@H](O)[C@H]2O)nc2[nH]ccc12. The molecule has 1 aliphatic heterocycles. The van der Waals surface area contributed by atoms with Crippen LogP contribution in [0.4, 0.5) is 5.82 Å². The van der Waals surface area contributed by atoms with Crippen LogP contribution in [0.3, 0.4) is 0 Å². The molecule has 1 aromatic carbocycles. The fourth-order valence-corrected chi connectivity index (χ4v) is 4.07. The molecule has 30 heavy (non-hydrogen) atoms. The Labute approximate surface area is 172 Å². The van der Waals surface area contributed by atoms with Crippen molar-refractivity contribution in [2.45, 2.75) is 50.3 Å². The van der Waals surface area contributed by atoms with E-state index in [9.17, 15) is 15.3 Å². The van der Waals surface area contributed by atoms with Gasteiger partial charge in [0.15, 0.2) is 11.6 Å². The van der Waals surface area contributed by atoms with E-state index in [0.717, 1.165) is 18.2 Å². The van der Waals surface area contributed by atoms with Gasteiger partial charge in [0.2, 0.25) is 0 Å². The molecule has 0 bridgehead atoms. The lowest BCUT2D eigenvalue weighted by Gasteiger charge is -2.25. The number of fused-ring (bicyclic) bond motifs is 2. The summed E-state index contributed by atoms with van der Waals surface area (Å²) < 4.78 is 5.90. The largest absolute Gasteiger partial charge is 0.387 e. The summed E-state index contributed by atoms with van der Waals surface area (Å²) in [4.78, 5) is 17.1. The van der Waals surface area contributed by atoms with E-state index in [1.807, 2.05) is 25.1 Å². The number of anilines is 1. The fourth-order valence-electron chi connectivity index (χ4n) is 4.07. The molecule has 1 fully saturated rings. The van der Waals surface area contributed by atoms with Gasteiger partial charge < -0.3 is 25.0 Å². The zero-order valence-corrected chi connectivity index (χ0v) is 16.4. The molecule has 9 nitrogen and oxygen atoms in total. The summed E-state index contributed by atoms with van der Waals surface area (Å²) in [5.74, 6) is 0.611. The molecule has 5 rings (SSSR count).